The third-order valence-corrected chi connectivity index (χ3v) is 4.80. The maximum atomic E-state index is 12.7. The van der Waals surface area contributed by atoms with Crippen molar-refractivity contribution in [3.8, 4) is 0 Å². The van der Waals surface area contributed by atoms with Crippen molar-refractivity contribution in [2.75, 3.05) is 0 Å². The summed E-state index contributed by atoms with van der Waals surface area (Å²) in [5.74, 6) is -0.751. The Bertz CT molecular complexity index is 720. The van der Waals surface area contributed by atoms with Gasteiger partial charge in [-0.3, -0.25) is 4.90 Å². The van der Waals surface area contributed by atoms with Gasteiger partial charge in [-0.2, -0.15) is 0 Å². The third kappa shape index (κ3) is 4.09. The summed E-state index contributed by atoms with van der Waals surface area (Å²) in [4.78, 5) is 14.5. The lowest BCUT2D eigenvalue weighted by Gasteiger charge is -2.35. The average Bonchev–Trinajstić information content (AvgIpc) is 3.09. The van der Waals surface area contributed by atoms with Crippen LogP contribution >= 0.6 is 0 Å². The number of nitrogens with zero attached hydrogens (tertiary/aromatic N) is 1. The second-order valence-corrected chi connectivity index (χ2v) is 8.45. The highest BCUT2D eigenvalue weighted by molar-refractivity contribution is 5.73. The lowest BCUT2D eigenvalue weighted by atomic mass is 9.96. The number of ether oxygens (including phenoxy) is 3. The molecule has 2 fully saturated rings. The Hall–Kier alpha value is -2.11. The summed E-state index contributed by atoms with van der Waals surface area (Å²) in [6.07, 6.45) is 4.16. The van der Waals surface area contributed by atoms with Gasteiger partial charge in [0.15, 0.2) is 11.9 Å². The zero-order valence-corrected chi connectivity index (χ0v) is 16.7. The van der Waals surface area contributed by atoms with Crippen molar-refractivity contribution in [2.24, 2.45) is 0 Å². The van der Waals surface area contributed by atoms with Crippen LogP contribution in [0.4, 0.5) is 4.79 Å². The highest BCUT2D eigenvalue weighted by atomic mass is 16.8. The Kier molecular flexibility index (Phi) is 5.19. The lowest BCUT2D eigenvalue weighted by molar-refractivity contribution is -0.152. The van der Waals surface area contributed by atoms with Crippen molar-refractivity contribution in [1.82, 2.24) is 4.90 Å². The Balaban J connectivity index is 1.95. The maximum absolute atomic E-state index is 12.7. The number of cyclic esters (lactones) is 1. The summed E-state index contributed by atoms with van der Waals surface area (Å²) < 4.78 is 17.8. The van der Waals surface area contributed by atoms with Crippen molar-refractivity contribution < 1.29 is 19.0 Å². The third-order valence-electron chi connectivity index (χ3n) is 4.80. The van der Waals surface area contributed by atoms with Gasteiger partial charge in [0, 0.05) is 5.54 Å². The van der Waals surface area contributed by atoms with E-state index in [9.17, 15) is 4.79 Å². The largest absolute Gasteiger partial charge is 0.441 e. The predicted octanol–water partition coefficient (Wildman–Crippen LogP) is 4.39. The molecule has 0 saturated carbocycles. The van der Waals surface area contributed by atoms with E-state index in [1.165, 1.54) is 0 Å². The topological polar surface area (TPSA) is 48.0 Å². The first-order chi connectivity index (χ1) is 12.6. The maximum Gasteiger partial charge on any atom is 0.411 e. The van der Waals surface area contributed by atoms with E-state index in [1.807, 2.05) is 77.1 Å². The van der Waals surface area contributed by atoms with Gasteiger partial charge in [-0.05, 0) is 40.2 Å². The predicted molar refractivity (Wildman–Crippen MR) is 105 cm³/mol. The fraction of sp³-hybridized carbons (Fsp3) is 0.500. The number of hydrogen-bond acceptors (Lipinski definition) is 4. The van der Waals surface area contributed by atoms with E-state index in [0.29, 0.717) is 0 Å². The smallest absolute Gasteiger partial charge is 0.411 e. The molecule has 2 aliphatic heterocycles. The van der Waals surface area contributed by atoms with Gasteiger partial charge in [-0.1, -0.05) is 48.6 Å². The first-order valence-corrected chi connectivity index (χ1v) is 9.34. The van der Waals surface area contributed by atoms with Gasteiger partial charge in [0.25, 0.3) is 0 Å². The molecule has 1 aromatic carbocycles. The van der Waals surface area contributed by atoms with Crippen LogP contribution in [0.15, 0.2) is 49.1 Å². The molecule has 3 rings (SSSR count). The fourth-order valence-corrected chi connectivity index (χ4v) is 3.72. The second kappa shape index (κ2) is 7.13. The number of rotatable bonds is 4. The molecule has 2 saturated heterocycles. The summed E-state index contributed by atoms with van der Waals surface area (Å²) in [5.41, 5.74) is 0.671. The van der Waals surface area contributed by atoms with Gasteiger partial charge < -0.3 is 14.2 Å². The van der Waals surface area contributed by atoms with Crippen molar-refractivity contribution in [3.05, 3.63) is 54.6 Å². The SMILES string of the molecule is C=C[C@@H]1OC(C)(C)O[C@@H]1[C@H]1OC(=O)N(C(C)(C)C)[C@H]1/C=C/c1ccccc1. The standard InChI is InChI=1S/C22H29NO4/c1-7-17-19(27-22(5,6)26-17)18-16(14-13-15-11-9-8-10-12-15)23(20(24)25-18)21(2,3)4/h7-14,16-19H,1H2,2-6H3/b14-13+/t16-,17-,18-,19-/m0/s1. The Morgan fingerprint density at radius 3 is 2.37 bits per heavy atom. The van der Waals surface area contributed by atoms with Gasteiger partial charge in [0.1, 0.15) is 12.2 Å². The summed E-state index contributed by atoms with van der Waals surface area (Å²) >= 11 is 0. The first-order valence-electron chi connectivity index (χ1n) is 9.34. The van der Waals surface area contributed by atoms with E-state index in [2.05, 4.69) is 6.58 Å². The van der Waals surface area contributed by atoms with Gasteiger partial charge >= 0.3 is 6.09 Å². The zero-order chi connectivity index (χ0) is 19.8. The highest BCUT2D eigenvalue weighted by Crippen LogP contribution is 2.38. The van der Waals surface area contributed by atoms with E-state index in [-0.39, 0.29) is 18.2 Å². The second-order valence-electron chi connectivity index (χ2n) is 8.45. The molecule has 146 valence electrons. The van der Waals surface area contributed by atoms with Gasteiger partial charge in [0.2, 0.25) is 0 Å². The molecule has 0 aromatic heterocycles. The highest BCUT2D eigenvalue weighted by Gasteiger charge is 2.54. The van der Waals surface area contributed by atoms with E-state index in [4.69, 9.17) is 14.2 Å². The normalized spacial score (nSPS) is 30.7. The molecule has 2 heterocycles. The minimum atomic E-state index is -0.751. The number of carbonyl (C=O) groups is 1. The van der Waals surface area contributed by atoms with Gasteiger partial charge in [0.05, 0.1) is 6.04 Å². The van der Waals surface area contributed by atoms with Crippen LogP contribution < -0.4 is 0 Å². The number of carbonyl (C=O) groups excluding carboxylic acids is 1. The molecule has 4 atom stereocenters. The van der Waals surface area contributed by atoms with Crippen LogP contribution in [0.3, 0.4) is 0 Å². The first kappa shape index (κ1) is 19.6. The summed E-state index contributed by atoms with van der Waals surface area (Å²) in [6, 6.07) is 9.72. The number of amides is 1. The molecule has 0 spiro atoms. The lowest BCUT2D eigenvalue weighted by Crippen LogP contribution is -2.50. The minimum Gasteiger partial charge on any atom is -0.441 e. The molecule has 0 aliphatic carbocycles. The van der Waals surface area contributed by atoms with Crippen molar-refractivity contribution in [1.29, 1.82) is 0 Å². The van der Waals surface area contributed by atoms with Gasteiger partial charge in [-0.15, -0.1) is 6.58 Å². The molecule has 1 amide bonds. The van der Waals surface area contributed by atoms with Crippen LogP contribution in [0.2, 0.25) is 0 Å². The summed E-state index contributed by atoms with van der Waals surface area (Å²) in [6.45, 7) is 13.6. The van der Waals surface area contributed by atoms with Crippen LogP contribution in [0.5, 0.6) is 0 Å². The monoisotopic (exact) mass is 371 g/mol. The Labute approximate surface area is 161 Å². The van der Waals surface area contributed by atoms with E-state index < -0.39 is 23.5 Å². The summed E-state index contributed by atoms with van der Waals surface area (Å²) in [7, 11) is 0. The molecule has 0 N–H and O–H groups in total. The van der Waals surface area contributed by atoms with E-state index in [1.54, 1.807) is 11.0 Å². The van der Waals surface area contributed by atoms with Crippen LogP contribution in [0.1, 0.15) is 40.2 Å². The number of benzene rings is 1. The van der Waals surface area contributed by atoms with Crippen molar-refractivity contribution in [2.45, 2.75) is 70.3 Å². The number of hydrogen-bond donors (Lipinski definition) is 0. The molecule has 2 aliphatic rings. The van der Waals surface area contributed by atoms with Crippen LogP contribution in [0, 0.1) is 0 Å². The van der Waals surface area contributed by atoms with Crippen molar-refractivity contribution in [3.63, 3.8) is 0 Å². The quantitative estimate of drug-likeness (QED) is 0.737. The average molecular weight is 371 g/mol. The van der Waals surface area contributed by atoms with Crippen LogP contribution in [-0.4, -0.2) is 46.7 Å². The molecule has 5 heteroatoms. The van der Waals surface area contributed by atoms with Crippen molar-refractivity contribution >= 4 is 12.2 Å². The Morgan fingerprint density at radius 1 is 1.11 bits per heavy atom. The molecule has 0 bridgehead atoms. The zero-order valence-electron chi connectivity index (χ0n) is 16.7. The molecule has 0 unspecified atom stereocenters. The molecular weight excluding hydrogens is 342 g/mol. The summed E-state index contributed by atoms with van der Waals surface area (Å²) in [5, 5.41) is 0. The van der Waals surface area contributed by atoms with Gasteiger partial charge in [-0.25, -0.2) is 4.79 Å². The fourth-order valence-electron chi connectivity index (χ4n) is 3.72. The molecule has 0 radical (unpaired) electrons. The molecule has 5 nitrogen and oxygen atoms in total. The molecule has 1 aromatic rings. The van der Waals surface area contributed by atoms with E-state index in [0.717, 1.165) is 5.56 Å². The van der Waals surface area contributed by atoms with E-state index >= 15 is 0 Å². The van der Waals surface area contributed by atoms with Crippen LogP contribution in [0.25, 0.3) is 6.08 Å². The molecule has 27 heavy (non-hydrogen) atoms. The minimum absolute atomic E-state index is 0.275. The van der Waals surface area contributed by atoms with Crippen LogP contribution in [-0.2, 0) is 14.2 Å². The molecular formula is C22H29NO4. The Morgan fingerprint density at radius 2 is 1.78 bits per heavy atom.